The van der Waals surface area contributed by atoms with Crippen LogP contribution in [-0.4, -0.2) is 94.7 Å². The molecule has 2 rings (SSSR count). The third kappa shape index (κ3) is 18.8. The van der Waals surface area contributed by atoms with Gasteiger partial charge in [-0.3, -0.25) is 4.79 Å². The zero-order valence-corrected chi connectivity index (χ0v) is 34.1. The van der Waals surface area contributed by atoms with E-state index in [2.05, 4.69) is 24.5 Å². The minimum Gasteiger partial charge on any atom is -0.498 e. The number of alkyl carbamates (subject to hydrolysis) is 1. The molecule has 55 heavy (non-hydrogen) atoms. The van der Waals surface area contributed by atoms with Gasteiger partial charge >= 0.3 is 6.09 Å². The number of unbranched alkanes of at least 4 members (excludes halogenated alkanes) is 20. The van der Waals surface area contributed by atoms with Crippen molar-refractivity contribution in [3.8, 4) is 0 Å². The highest BCUT2D eigenvalue weighted by Crippen LogP contribution is 2.31. The average Bonchev–Trinajstić information content (AvgIpc) is 3.18. The molecule has 0 spiro atoms. The number of benzene rings is 1. The van der Waals surface area contributed by atoms with E-state index in [0.29, 0.717) is 12.8 Å². The first-order chi connectivity index (χ1) is 26.7. The smallest absolute Gasteiger partial charge is 0.407 e. The minimum atomic E-state index is -1.66. The third-order valence-corrected chi connectivity index (χ3v) is 11.0. The summed E-state index contributed by atoms with van der Waals surface area (Å²) in [6, 6.07) is 7.69. The minimum absolute atomic E-state index is 0.00395. The lowest BCUT2D eigenvalue weighted by atomic mass is 9.93. The molecule has 1 heterocycles. The summed E-state index contributed by atoms with van der Waals surface area (Å²) in [6.07, 6.45) is 15.9. The Balaban J connectivity index is 2.11. The van der Waals surface area contributed by atoms with E-state index < -0.39 is 66.3 Å². The zero-order valence-electron chi connectivity index (χ0n) is 34.1. The number of hydrogen-bond donors (Lipinski definition) is 5. The molecule has 0 bridgehead atoms. The van der Waals surface area contributed by atoms with Crippen molar-refractivity contribution in [2.75, 3.05) is 26.2 Å². The lowest BCUT2D eigenvalue weighted by Crippen LogP contribution is -2.77. The van der Waals surface area contributed by atoms with Gasteiger partial charge in [0.2, 0.25) is 12.1 Å². The van der Waals surface area contributed by atoms with Crippen LogP contribution in [0.5, 0.6) is 0 Å². The molecule has 1 unspecified atom stereocenters. The fourth-order valence-corrected chi connectivity index (χ4v) is 7.61. The number of nitrogens with zero attached hydrogens (tertiary/aromatic N) is 1. The van der Waals surface area contributed by atoms with Gasteiger partial charge in [-0.05, 0) is 31.2 Å². The van der Waals surface area contributed by atoms with Crippen molar-refractivity contribution in [2.24, 2.45) is 0 Å². The number of hydrogen-bond acceptors (Lipinski definition) is 9. The Morgan fingerprint density at radius 1 is 0.709 bits per heavy atom. The van der Waals surface area contributed by atoms with E-state index in [4.69, 9.17) is 9.47 Å². The summed E-state index contributed by atoms with van der Waals surface area (Å²) < 4.78 is 10.6. The molecule has 3 amide bonds. The molecule has 1 aromatic rings. The second kappa shape index (κ2) is 29.5. The topological polar surface area (TPSA) is 177 Å². The molecular weight excluding hydrogens is 702 g/mol. The molecule has 5 N–H and O–H groups in total. The van der Waals surface area contributed by atoms with Crippen LogP contribution in [0.15, 0.2) is 30.3 Å². The van der Waals surface area contributed by atoms with Crippen LogP contribution in [-0.2, 0) is 20.9 Å². The molecule has 316 valence electrons. The second-order valence-corrected chi connectivity index (χ2v) is 15.6. The first kappa shape index (κ1) is 48.4. The van der Waals surface area contributed by atoms with Crippen LogP contribution in [0.1, 0.15) is 161 Å². The van der Waals surface area contributed by atoms with Crippen LogP contribution in [0, 0.1) is 0 Å². The average molecular weight is 778 g/mol. The van der Waals surface area contributed by atoms with Crippen molar-refractivity contribution in [2.45, 2.75) is 192 Å². The number of aliphatic hydroxyl groups excluding tert-OH is 3. The Kier molecular flexibility index (Phi) is 25.9. The van der Waals surface area contributed by atoms with Gasteiger partial charge < -0.3 is 45.3 Å². The van der Waals surface area contributed by atoms with Crippen molar-refractivity contribution < 1.29 is 48.8 Å². The van der Waals surface area contributed by atoms with Gasteiger partial charge in [-0.2, -0.15) is 0 Å². The van der Waals surface area contributed by atoms with E-state index in [1.54, 1.807) is 12.1 Å². The summed E-state index contributed by atoms with van der Waals surface area (Å²) in [7, 11) is 0. The quantitative estimate of drug-likeness (QED) is 0.0410. The van der Waals surface area contributed by atoms with E-state index >= 15 is 0 Å². The van der Waals surface area contributed by atoms with Crippen molar-refractivity contribution in [3.05, 3.63) is 35.9 Å². The first-order valence-corrected chi connectivity index (χ1v) is 21.6. The van der Waals surface area contributed by atoms with Crippen LogP contribution >= 0.6 is 0 Å². The normalized spacial score (nSPS) is 20.8. The maximum atomic E-state index is 13.4. The van der Waals surface area contributed by atoms with Crippen LogP contribution in [0.3, 0.4) is 0 Å². The molecule has 12 nitrogen and oxygen atoms in total. The van der Waals surface area contributed by atoms with Gasteiger partial charge in [-0.1, -0.05) is 160 Å². The Morgan fingerprint density at radius 3 is 1.60 bits per heavy atom. The molecule has 0 aliphatic carbocycles. The highest BCUT2D eigenvalue weighted by Gasteiger charge is 2.55. The molecule has 1 aliphatic rings. The number of carbonyl (C=O) groups excluding carboxylic acids is 3. The van der Waals surface area contributed by atoms with Gasteiger partial charge in [-0.25, -0.2) is 9.28 Å². The SMILES string of the molecule is CCCCCCCCCCCCCC[N+](CCCCCCCCCCCC)(C(=O)[O-])[C@@H]1O[C@H](CO)[C@H](O)[C@H](O)[C@H]1NC(=O)CNC(=O)OCc1ccccc1. The third-order valence-electron chi connectivity index (χ3n) is 11.0. The molecule has 1 aliphatic heterocycles. The number of nitrogens with one attached hydrogen (secondary N) is 2. The summed E-state index contributed by atoms with van der Waals surface area (Å²) in [6.45, 7) is 3.53. The van der Waals surface area contributed by atoms with Crippen molar-refractivity contribution in [1.82, 2.24) is 10.6 Å². The Labute approximate surface area is 331 Å². The molecule has 1 fully saturated rings. The molecule has 1 aromatic carbocycles. The summed E-state index contributed by atoms with van der Waals surface area (Å²) in [4.78, 5) is 38.9. The standard InChI is InChI=1S/C43H75N3O9/c1-3-5-7-9-11-13-15-16-18-20-22-27-31-46(43(52)53,30-26-21-19-17-14-12-10-8-6-4-2)41-38(40(50)39(49)36(33-47)55-41)45-37(48)32-44-42(51)54-34-35-28-24-23-25-29-35/h23-25,28-29,36,38-41,47,49-50H,3-22,26-27,30-34H2,1-2H3,(H2-,44,45,48,51,52,53)/t36-,38-,39+,40-,41-,46?/m1/s1. The largest absolute Gasteiger partial charge is 0.498 e. The van der Waals surface area contributed by atoms with Gasteiger partial charge in [0.25, 0.3) is 6.09 Å². The number of rotatable bonds is 31. The maximum absolute atomic E-state index is 13.4. The monoisotopic (exact) mass is 778 g/mol. The highest BCUT2D eigenvalue weighted by atomic mass is 16.6. The summed E-state index contributed by atoms with van der Waals surface area (Å²) >= 11 is 0. The Bertz CT molecular complexity index is 1160. The van der Waals surface area contributed by atoms with Crippen LogP contribution in [0.2, 0.25) is 0 Å². The van der Waals surface area contributed by atoms with Crippen molar-refractivity contribution in [3.63, 3.8) is 0 Å². The van der Waals surface area contributed by atoms with Crippen LogP contribution < -0.4 is 15.7 Å². The number of carbonyl (C=O) groups is 3. The number of quaternary nitrogens is 1. The summed E-state index contributed by atoms with van der Waals surface area (Å²) in [5.41, 5.74) is 0.770. The van der Waals surface area contributed by atoms with E-state index in [1.807, 2.05) is 18.2 Å². The number of amides is 3. The lowest BCUT2D eigenvalue weighted by Gasteiger charge is -2.51. The van der Waals surface area contributed by atoms with Crippen LogP contribution in [0.4, 0.5) is 9.59 Å². The van der Waals surface area contributed by atoms with Gasteiger partial charge in [0.05, 0.1) is 19.7 Å². The fourth-order valence-electron chi connectivity index (χ4n) is 7.61. The van der Waals surface area contributed by atoms with E-state index in [9.17, 15) is 34.8 Å². The molecule has 6 atom stereocenters. The predicted molar refractivity (Wildman–Crippen MR) is 213 cm³/mol. The summed E-state index contributed by atoms with van der Waals surface area (Å²) in [5, 5.41) is 50.6. The maximum Gasteiger partial charge on any atom is 0.407 e. The molecular formula is C43H75N3O9. The van der Waals surface area contributed by atoms with Crippen molar-refractivity contribution >= 4 is 18.1 Å². The number of carboxylic acid groups (broad SMARTS) is 1. The van der Waals surface area contributed by atoms with Gasteiger partial charge in [0, 0.05) is 0 Å². The zero-order chi connectivity index (χ0) is 40.2. The second-order valence-electron chi connectivity index (χ2n) is 15.6. The van der Waals surface area contributed by atoms with Gasteiger partial charge in [-0.15, -0.1) is 0 Å². The summed E-state index contributed by atoms with van der Waals surface area (Å²) in [5.74, 6) is -0.732. The Hall–Kier alpha value is -2.77. The van der Waals surface area contributed by atoms with Crippen molar-refractivity contribution in [1.29, 1.82) is 0 Å². The number of aliphatic hydroxyl groups is 3. The molecule has 12 heteroatoms. The highest BCUT2D eigenvalue weighted by molar-refractivity contribution is 5.82. The molecule has 0 aromatic heterocycles. The van der Waals surface area contributed by atoms with E-state index in [0.717, 1.165) is 56.9 Å². The molecule has 0 saturated carbocycles. The lowest BCUT2D eigenvalue weighted by molar-refractivity contribution is -0.927. The first-order valence-electron chi connectivity index (χ1n) is 21.6. The van der Waals surface area contributed by atoms with Gasteiger partial charge in [0.1, 0.15) is 37.5 Å². The van der Waals surface area contributed by atoms with Crippen LogP contribution in [0.25, 0.3) is 0 Å². The predicted octanol–water partition coefficient (Wildman–Crippen LogP) is 6.62. The van der Waals surface area contributed by atoms with E-state index in [1.165, 1.54) is 77.0 Å². The fraction of sp³-hybridized carbons (Fsp3) is 0.791. The van der Waals surface area contributed by atoms with E-state index in [-0.39, 0.29) is 19.7 Å². The number of ether oxygens (including phenoxy) is 2. The van der Waals surface area contributed by atoms with Gasteiger partial charge in [0.15, 0.2) is 0 Å². The molecule has 1 saturated heterocycles. The Morgan fingerprint density at radius 2 is 1.16 bits per heavy atom. The molecule has 0 radical (unpaired) electrons.